The highest BCUT2D eigenvalue weighted by Crippen LogP contribution is 2.30. The van der Waals surface area contributed by atoms with Gasteiger partial charge in [-0.3, -0.25) is 9.59 Å². The second-order valence-corrected chi connectivity index (χ2v) is 6.11. The molecule has 6 heteroatoms. The van der Waals surface area contributed by atoms with Crippen LogP contribution in [0.3, 0.4) is 0 Å². The second kappa shape index (κ2) is 6.60. The number of fused-ring (bicyclic) bond motifs is 1. The number of halogens is 2. The third kappa shape index (κ3) is 3.33. The third-order valence-electron chi connectivity index (χ3n) is 3.81. The van der Waals surface area contributed by atoms with Crippen LogP contribution >= 0.6 is 23.2 Å². The Kier molecular flexibility index (Phi) is 4.55. The molecule has 0 aromatic heterocycles. The van der Waals surface area contributed by atoms with Crippen LogP contribution in [0.25, 0.3) is 0 Å². The Morgan fingerprint density at radius 1 is 0.957 bits per heavy atom. The lowest BCUT2D eigenvalue weighted by Crippen LogP contribution is -2.42. The van der Waals surface area contributed by atoms with Gasteiger partial charge in [-0.2, -0.15) is 0 Å². The van der Waals surface area contributed by atoms with Gasteiger partial charge in [-0.25, -0.2) is 0 Å². The van der Waals surface area contributed by atoms with Gasteiger partial charge in [0.05, 0.1) is 15.7 Å². The maximum absolute atomic E-state index is 12.4. The van der Waals surface area contributed by atoms with Crippen LogP contribution in [0.15, 0.2) is 42.5 Å². The van der Waals surface area contributed by atoms with Crippen molar-refractivity contribution in [2.45, 2.75) is 13.0 Å². The number of nitrogens with zero attached hydrogens (tertiary/aromatic N) is 1. The van der Waals surface area contributed by atoms with Gasteiger partial charge in [-0.1, -0.05) is 53.5 Å². The molecule has 2 aromatic rings. The highest BCUT2D eigenvalue weighted by molar-refractivity contribution is 6.44. The lowest BCUT2D eigenvalue weighted by atomic mass is 10.00. The van der Waals surface area contributed by atoms with E-state index in [1.807, 2.05) is 24.3 Å². The predicted octanol–water partition coefficient (Wildman–Crippen LogP) is 3.52. The smallest absolute Gasteiger partial charge is 0.313 e. The van der Waals surface area contributed by atoms with Gasteiger partial charge in [-0.05, 0) is 29.7 Å². The largest absolute Gasteiger partial charge is 0.330 e. The van der Waals surface area contributed by atoms with Crippen LogP contribution in [0.1, 0.15) is 11.1 Å². The molecule has 0 atom stereocenters. The summed E-state index contributed by atoms with van der Waals surface area (Å²) >= 11 is 12.0. The summed E-state index contributed by atoms with van der Waals surface area (Å²) in [6.45, 7) is 0.943. The Morgan fingerprint density at radius 2 is 1.61 bits per heavy atom. The molecule has 0 saturated heterocycles. The van der Waals surface area contributed by atoms with Crippen molar-refractivity contribution in [2.24, 2.45) is 0 Å². The molecule has 0 radical (unpaired) electrons. The van der Waals surface area contributed by atoms with E-state index in [2.05, 4.69) is 5.32 Å². The molecule has 4 nitrogen and oxygen atoms in total. The van der Waals surface area contributed by atoms with Crippen LogP contribution in [-0.2, 0) is 22.6 Å². The average molecular weight is 349 g/mol. The van der Waals surface area contributed by atoms with Gasteiger partial charge in [0.15, 0.2) is 0 Å². The van der Waals surface area contributed by atoms with Gasteiger partial charge in [0.1, 0.15) is 0 Å². The molecule has 0 spiro atoms. The van der Waals surface area contributed by atoms with E-state index in [4.69, 9.17) is 23.2 Å². The van der Waals surface area contributed by atoms with E-state index in [0.717, 1.165) is 12.0 Å². The van der Waals surface area contributed by atoms with Gasteiger partial charge in [0, 0.05) is 13.1 Å². The summed E-state index contributed by atoms with van der Waals surface area (Å²) < 4.78 is 0. The van der Waals surface area contributed by atoms with Crippen molar-refractivity contribution >= 4 is 40.7 Å². The monoisotopic (exact) mass is 348 g/mol. The first-order valence-corrected chi connectivity index (χ1v) is 7.93. The van der Waals surface area contributed by atoms with Crippen molar-refractivity contribution in [3.63, 3.8) is 0 Å². The number of hydrogen-bond donors (Lipinski definition) is 1. The first-order chi connectivity index (χ1) is 11.1. The summed E-state index contributed by atoms with van der Waals surface area (Å²) in [5.41, 5.74) is 2.54. The molecule has 118 valence electrons. The summed E-state index contributed by atoms with van der Waals surface area (Å²) in [5.74, 6) is -1.32. The van der Waals surface area contributed by atoms with Crippen LogP contribution in [0, 0.1) is 0 Å². The van der Waals surface area contributed by atoms with Gasteiger partial charge >= 0.3 is 11.8 Å². The summed E-state index contributed by atoms with van der Waals surface area (Å²) in [6, 6.07) is 12.8. The molecule has 1 N–H and O–H groups in total. The standard InChI is InChI=1S/C17H14Cl2N2O2/c18-13-6-3-7-14(19)15(13)20-16(22)17(23)21-9-8-11-4-1-2-5-12(11)10-21/h1-7H,8-10H2,(H,20,22). The van der Waals surface area contributed by atoms with E-state index in [1.54, 1.807) is 18.2 Å². The molecular formula is C17H14Cl2N2O2. The Morgan fingerprint density at radius 3 is 2.30 bits per heavy atom. The van der Waals surface area contributed by atoms with Crippen molar-refractivity contribution < 1.29 is 9.59 Å². The second-order valence-electron chi connectivity index (χ2n) is 5.30. The van der Waals surface area contributed by atoms with Crippen LogP contribution < -0.4 is 5.32 Å². The number of carbonyl (C=O) groups is 2. The highest BCUT2D eigenvalue weighted by Gasteiger charge is 2.26. The van der Waals surface area contributed by atoms with Crippen molar-refractivity contribution in [1.29, 1.82) is 0 Å². The Bertz CT molecular complexity index is 757. The minimum atomic E-state index is -0.737. The minimum absolute atomic E-state index is 0.256. The quantitative estimate of drug-likeness (QED) is 0.801. The van der Waals surface area contributed by atoms with E-state index in [-0.39, 0.29) is 5.69 Å². The lowest BCUT2D eigenvalue weighted by molar-refractivity contribution is -0.143. The number of carbonyl (C=O) groups excluding carboxylic acids is 2. The zero-order valence-corrected chi connectivity index (χ0v) is 13.7. The van der Waals surface area contributed by atoms with Gasteiger partial charge in [0.2, 0.25) is 0 Å². The fourth-order valence-electron chi connectivity index (χ4n) is 2.60. The van der Waals surface area contributed by atoms with E-state index in [1.165, 1.54) is 10.5 Å². The van der Waals surface area contributed by atoms with Crippen molar-refractivity contribution in [3.8, 4) is 0 Å². The molecule has 0 aliphatic carbocycles. The first kappa shape index (κ1) is 15.8. The summed E-state index contributed by atoms with van der Waals surface area (Å²) in [5, 5.41) is 3.09. The van der Waals surface area contributed by atoms with Gasteiger partial charge < -0.3 is 10.2 Å². The fraction of sp³-hybridized carbons (Fsp3) is 0.176. The molecule has 3 rings (SSSR count). The van der Waals surface area contributed by atoms with E-state index in [9.17, 15) is 9.59 Å². The van der Waals surface area contributed by atoms with E-state index < -0.39 is 11.8 Å². The van der Waals surface area contributed by atoms with Crippen molar-refractivity contribution in [2.75, 3.05) is 11.9 Å². The number of hydrogen-bond acceptors (Lipinski definition) is 2. The maximum atomic E-state index is 12.4. The molecule has 23 heavy (non-hydrogen) atoms. The van der Waals surface area contributed by atoms with E-state index >= 15 is 0 Å². The predicted molar refractivity (Wildman–Crippen MR) is 90.7 cm³/mol. The summed E-state index contributed by atoms with van der Waals surface area (Å²) in [6.07, 6.45) is 0.738. The summed E-state index contributed by atoms with van der Waals surface area (Å²) in [7, 11) is 0. The molecule has 0 bridgehead atoms. The van der Waals surface area contributed by atoms with Crippen LogP contribution in [0.5, 0.6) is 0 Å². The number of anilines is 1. The SMILES string of the molecule is O=C(Nc1c(Cl)cccc1Cl)C(=O)N1CCc2ccccc2C1. The van der Waals surface area contributed by atoms with Gasteiger partial charge in [-0.15, -0.1) is 0 Å². The Balaban J connectivity index is 1.73. The Hall–Kier alpha value is -2.04. The number of para-hydroxylation sites is 1. The number of amides is 2. The van der Waals surface area contributed by atoms with Crippen LogP contribution in [0.2, 0.25) is 10.0 Å². The molecule has 1 heterocycles. The van der Waals surface area contributed by atoms with Crippen molar-refractivity contribution in [3.05, 3.63) is 63.6 Å². The Labute approximate surface area is 144 Å². The first-order valence-electron chi connectivity index (χ1n) is 7.17. The molecule has 0 unspecified atom stereocenters. The molecule has 1 aliphatic rings. The average Bonchev–Trinajstić information content (AvgIpc) is 2.57. The molecule has 2 aromatic carbocycles. The normalized spacial score (nSPS) is 13.4. The number of rotatable bonds is 1. The lowest BCUT2D eigenvalue weighted by Gasteiger charge is -2.28. The molecule has 0 fully saturated rings. The van der Waals surface area contributed by atoms with Gasteiger partial charge in [0.25, 0.3) is 0 Å². The number of nitrogens with one attached hydrogen (secondary N) is 1. The van der Waals surface area contributed by atoms with Crippen molar-refractivity contribution in [1.82, 2.24) is 4.90 Å². The third-order valence-corrected chi connectivity index (χ3v) is 4.44. The summed E-state index contributed by atoms with van der Waals surface area (Å²) in [4.78, 5) is 26.1. The van der Waals surface area contributed by atoms with E-state index in [0.29, 0.717) is 23.1 Å². The zero-order chi connectivity index (χ0) is 16.4. The molecule has 1 aliphatic heterocycles. The highest BCUT2D eigenvalue weighted by atomic mass is 35.5. The molecule has 2 amide bonds. The van der Waals surface area contributed by atoms with Crippen LogP contribution in [-0.4, -0.2) is 23.3 Å². The topological polar surface area (TPSA) is 49.4 Å². The minimum Gasteiger partial charge on any atom is -0.330 e. The fourth-order valence-corrected chi connectivity index (χ4v) is 3.09. The zero-order valence-electron chi connectivity index (χ0n) is 12.2. The number of benzene rings is 2. The van der Waals surface area contributed by atoms with Crippen LogP contribution in [0.4, 0.5) is 5.69 Å². The molecular weight excluding hydrogens is 335 g/mol. The molecule has 0 saturated carbocycles. The maximum Gasteiger partial charge on any atom is 0.313 e.